The molecule has 7 nitrogen and oxygen atoms in total. The maximum Gasteiger partial charge on any atom is 0.343 e. The number of methoxy groups -OCH3 is 1. The van der Waals surface area contributed by atoms with Crippen molar-refractivity contribution < 1.29 is 27.8 Å². The Kier molecular flexibility index (Phi) is 4.81. The summed E-state index contributed by atoms with van der Waals surface area (Å²) >= 11 is 0. The minimum absolute atomic E-state index is 0.122. The maximum atomic E-state index is 12.1. The van der Waals surface area contributed by atoms with Gasteiger partial charge in [-0.15, -0.1) is 0 Å². The molecule has 0 radical (unpaired) electrons. The third kappa shape index (κ3) is 3.34. The number of carbonyl (C=O) groups is 1. The molecule has 3 rings (SSSR count). The Labute approximate surface area is 149 Å². The molecule has 0 N–H and O–H groups in total. The number of ether oxygens (including phenoxy) is 3. The van der Waals surface area contributed by atoms with Gasteiger partial charge >= 0.3 is 11.6 Å². The highest BCUT2D eigenvalue weighted by Gasteiger charge is 2.20. The first kappa shape index (κ1) is 17.8. The molecule has 0 saturated heterocycles. The second kappa shape index (κ2) is 7.05. The molecule has 26 heavy (non-hydrogen) atoms. The third-order valence-electron chi connectivity index (χ3n) is 3.83. The molecule has 2 aromatic heterocycles. The van der Waals surface area contributed by atoms with Crippen LogP contribution >= 0.6 is 0 Å². The van der Waals surface area contributed by atoms with E-state index in [0.29, 0.717) is 22.7 Å². The first-order valence-corrected chi connectivity index (χ1v) is 7.89. The first-order valence-electron chi connectivity index (χ1n) is 7.89. The largest absolute Gasteiger partial charge is 0.467 e. The Bertz CT molecular complexity index is 1030. The lowest BCUT2D eigenvalue weighted by molar-refractivity contribution is -0.132. The van der Waals surface area contributed by atoms with Gasteiger partial charge in [-0.1, -0.05) is 0 Å². The van der Waals surface area contributed by atoms with Gasteiger partial charge in [0.1, 0.15) is 17.1 Å². The molecule has 0 aliphatic heterocycles. The van der Waals surface area contributed by atoms with Crippen LogP contribution in [0.5, 0.6) is 11.5 Å². The van der Waals surface area contributed by atoms with Gasteiger partial charge in [-0.05, 0) is 32.0 Å². The van der Waals surface area contributed by atoms with Crippen LogP contribution in [-0.4, -0.2) is 19.9 Å². The monoisotopic (exact) mass is 358 g/mol. The number of fused-ring (bicyclic) bond motifs is 1. The molecule has 0 aliphatic carbocycles. The average molecular weight is 358 g/mol. The van der Waals surface area contributed by atoms with Gasteiger partial charge in [0.2, 0.25) is 0 Å². The van der Waals surface area contributed by atoms with Crippen molar-refractivity contribution in [1.82, 2.24) is 0 Å². The van der Waals surface area contributed by atoms with Crippen molar-refractivity contribution in [3.8, 4) is 23.0 Å². The molecule has 0 spiro atoms. The van der Waals surface area contributed by atoms with Crippen LogP contribution in [0, 0.1) is 13.8 Å². The molecule has 0 aliphatic rings. The van der Waals surface area contributed by atoms with Crippen LogP contribution in [0.2, 0.25) is 0 Å². The zero-order valence-electron chi connectivity index (χ0n) is 14.9. The quantitative estimate of drug-likeness (QED) is 0.509. The molecular formula is C19H18O7. The normalized spacial score (nSPS) is 10.9. The van der Waals surface area contributed by atoms with Gasteiger partial charge in [0.05, 0.1) is 5.56 Å². The van der Waals surface area contributed by atoms with Crippen molar-refractivity contribution in [2.45, 2.75) is 20.8 Å². The number of esters is 1. The minimum Gasteiger partial charge on any atom is -0.467 e. The highest BCUT2D eigenvalue weighted by Crippen LogP contribution is 2.35. The van der Waals surface area contributed by atoms with Crippen molar-refractivity contribution in [2.75, 3.05) is 13.9 Å². The summed E-state index contributed by atoms with van der Waals surface area (Å²) in [6.45, 7) is 4.63. The van der Waals surface area contributed by atoms with Crippen LogP contribution in [0.15, 0.2) is 37.9 Å². The molecule has 136 valence electrons. The van der Waals surface area contributed by atoms with E-state index < -0.39 is 11.6 Å². The van der Waals surface area contributed by atoms with Gasteiger partial charge in [-0.25, -0.2) is 4.79 Å². The molecule has 0 saturated carbocycles. The van der Waals surface area contributed by atoms with E-state index >= 15 is 0 Å². The first-order chi connectivity index (χ1) is 12.4. The minimum atomic E-state index is -0.591. The summed E-state index contributed by atoms with van der Waals surface area (Å²) in [6, 6.07) is 7.06. The second-order valence-corrected chi connectivity index (χ2v) is 5.75. The lowest BCUT2D eigenvalue weighted by atomic mass is 10.1. The van der Waals surface area contributed by atoms with Gasteiger partial charge in [0.15, 0.2) is 18.3 Å². The van der Waals surface area contributed by atoms with Crippen molar-refractivity contribution in [3.63, 3.8) is 0 Å². The van der Waals surface area contributed by atoms with Gasteiger partial charge in [-0.2, -0.15) is 0 Å². The molecule has 0 bridgehead atoms. The standard InChI is InChI=1S/C19H18O7/c1-10-17(24-12(3)20)11(2)19(21)26-18(10)16-7-13-5-6-14(23-9-22-4)8-15(13)25-16/h5-8H,9H2,1-4H3. The Balaban J connectivity index is 2.09. The van der Waals surface area contributed by atoms with E-state index in [-0.39, 0.29) is 23.9 Å². The third-order valence-corrected chi connectivity index (χ3v) is 3.83. The van der Waals surface area contributed by atoms with E-state index in [2.05, 4.69) is 0 Å². The van der Waals surface area contributed by atoms with Crippen molar-refractivity contribution in [2.24, 2.45) is 0 Å². The highest BCUT2D eigenvalue weighted by molar-refractivity contribution is 5.84. The molecule has 0 unspecified atom stereocenters. The molecular weight excluding hydrogens is 340 g/mol. The van der Waals surface area contributed by atoms with Gasteiger partial charge in [-0.3, -0.25) is 4.79 Å². The van der Waals surface area contributed by atoms with Crippen LogP contribution < -0.4 is 15.1 Å². The van der Waals surface area contributed by atoms with Crippen LogP contribution in [0.1, 0.15) is 18.1 Å². The van der Waals surface area contributed by atoms with E-state index in [1.807, 2.05) is 6.07 Å². The van der Waals surface area contributed by atoms with E-state index in [1.54, 1.807) is 32.0 Å². The summed E-state index contributed by atoms with van der Waals surface area (Å²) in [4.78, 5) is 23.5. The van der Waals surface area contributed by atoms with Gasteiger partial charge in [0.25, 0.3) is 0 Å². The van der Waals surface area contributed by atoms with Crippen molar-refractivity contribution >= 4 is 16.9 Å². The molecule has 0 atom stereocenters. The van der Waals surface area contributed by atoms with Crippen LogP contribution in [0.25, 0.3) is 22.5 Å². The lowest BCUT2D eigenvalue weighted by Gasteiger charge is -2.10. The van der Waals surface area contributed by atoms with Crippen LogP contribution in [0.3, 0.4) is 0 Å². The van der Waals surface area contributed by atoms with Crippen LogP contribution in [0.4, 0.5) is 0 Å². The number of rotatable bonds is 5. The van der Waals surface area contributed by atoms with E-state index in [9.17, 15) is 9.59 Å². The molecule has 3 aromatic rings. The Morgan fingerprint density at radius 1 is 1.12 bits per heavy atom. The van der Waals surface area contributed by atoms with E-state index in [1.165, 1.54) is 14.0 Å². The van der Waals surface area contributed by atoms with Crippen molar-refractivity contribution in [1.29, 1.82) is 0 Å². The topological polar surface area (TPSA) is 88.1 Å². The Morgan fingerprint density at radius 3 is 2.58 bits per heavy atom. The Morgan fingerprint density at radius 2 is 1.88 bits per heavy atom. The zero-order valence-corrected chi connectivity index (χ0v) is 14.9. The number of hydrogen-bond acceptors (Lipinski definition) is 7. The predicted octanol–water partition coefficient (Wildman–Crippen LogP) is 3.58. The van der Waals surface area contributed by atoms with Crippen LogP contribution in [-0.2, 0) is 9.53 Å². The predicted molar refractivity (Wildman–Crippen MR) is 93.5 cm³/mol. The summed E-state index contributed by atoms with van der Waals surface area (Å²) in [5, 5.41) is 0.807. The number of carbonyl (C=O) groups excluding carboxylic acids is 1. The Hall–Kier alpha value is -3.06. The fraction of sp³-hybridized carbons (Fsp3) is 0.263. The highest BCUT2D eigenvalue weighted by atomic mass is 16.7. The molecule has 7 heteroatoms. The SMILES string of the molecule is COCOc1ccc2cc(-c3oc(=O)c(C)c(OC(C)=O)c3C)oc2c1. The summed E-state index contributed by atoms with van der Waals surface area (Å²) in [7, 11) is 1.53. The lowest BCUT2D eigenvalue weighted by Crippen LogP contribution is -2.12. The zero-order chi connectivity index (χ0) is 18.8. The molecule has 2 heterocycles. The fourth-order valence-electron chi connectivity index (χ4n) is 2.59. The average Bonchev–Trinajstić information content (AvgIpc) is 3.02. The number of furan rings is 1. The van der Waals surface area contributed by atoms with Gasteiger partial charge < -0.3 is 23.0 Å². The second-order valence-electron chi connectivity index (χ2n) is 5.75. The smallest absolute Gasteiger partial charge is 0.343 e. The summed E-state index contributed by atoms with van der Waals surface area (Å²) in [6.07, 6.45) is 0. The van der Waals surface area contributed by atoms with E-state index in [4.69, 9.17) is 23.0 Å². The maximum absolute atomic E-state index is 12.1. The summed E-state index contributed by atoms with van der Waals surface area (Å²) < 4.78 is 26.6. The summed E-state index contributed by atoms with van der Waals surface area (Å²) in [5.74, 6) is 0.827. The van der Waals surface area contributed by atoms with E-state index in [0.717, 1.165) is 5.39 Å². The summed E-state index contributed by atoms with van der Waals surface area (Å²) in [5.41, 5.74) is 0.705. The fourth-order valence-corrected chi connectivity index (χ4v) is 2.59. The molecule has 1 aromatic carbocycles. The van der Waals surface area contributed by atoms with Crippen molar-refractivity contribution in [3.05, 3.63) is 45.8 Å². The number of hydrogen-bond donors (Lipinski definition) is 0. The molecule has 0 fully saturated rings. The number of benzene rings is 1. The molecule has 0 amide bonds. The van der Waals surface area contributed by atoms with Gasteiger partial charge in [0, 0.05) is 31.0 Å².